The molecule has 1 heterocycles. The second kappa shape index (κ2) is 6.02. The number of hydrogen-bond acceptors (Lipinski definition) is 2. The van der Waals surface area contributed by atoms with E-state index < -0.39 is 0 Å². The summed E-state index contributed by atoms with van der Waals surface area (Å²) in [6.07, 6.45) is 3.36. The molecule has 0 saturated carbocycles. The van der Waals surface area contributed by atoms with E-state index in [1.807, 2.05) is 36.4 Å². The van der Waals surface area contributed by atoms with Crippen molar-refractivity contribution < 1.29 is 9.53 Å². The molecule has 0 aliphatic carbocycles. The highest BCUT2D eigenvalue weighted by molar-refractivity contribution is 6.30. The molecule has 0 fully saturated rings. The minimum Gasteiger partial charge on any atom is -0.490 e. The van der Waals surface area contributed by atoms with Gasteiger partial charge in [-0.05, 0) is 35.9 Å². The molecule has 0 aromatic heterocycles. The van der Waals surface area contributed by atoms with Gasteiger partial charge in [-0.2, -0.15) is 0 Å². The van der Waals surface area contributed by atoms with Crippen molar-refractivity contribution in [2.75, 3.05) is 18.1 Å². The quantitative estimate of drug-likeness (QED) is 0.790. The Bertz CT molecular complexity index is 679. The third-order valence-electron chi connectivity index (χ3n) is 3.28. The van der Waals surface area contributed by atoms with Gasteiger partial charge in [-0.25, -0.2) is 0 Å². The zero-order valence-corrected chi connectivity index (χ0v) is 12.1. The van der Waals surface area contributed by atoms with E-state index in [0.29, 0.717) is 18.2 Å². The number of fused-ring (bicyclic) bond motifs is 1. The van der Waals surface area contributed by atoms with Crippen molar-refractivity contribution in [1.29, 1.82) is 0 Å². The van der Waals surface area contributed by atoms with Gasteiger partial charge < -0.3 is 9.64 Å². The lowest BCUT2D eigenvalue weighted by molar-refractivity contribution is -0.114. The standard InChI is InChI=1S/C17H14ClNO2/c18-14-8-5-13(6-9-14)7-10-17(20)19-11-12-21-16-4-2-1-3-15(16)19/h1-10H,11-12H2. The van der Waals surface area contributed by atoms with E-state index >= 15 is 0 Å². The molecule has 1 aliphatic rings. The first-order valence-corrected chi connectivity index (χ1v) is 7.09. The molecule has 1 aliphatic heterocycles. The molecule has 2 aromatic rings. The van der Waals surface area contributed by atoms with E-state index in [2.05, 4.69) is 0 Å². The molecule has 0 spiro atoms. The Balaban J connectivity index is 1.79. The van der Waals surface area contributed by atoms with E-state index in [0.717, 1.165) is 17.0 Å². The van der Waals surface area contributed by atoms with Crippen molar-refractivity contribution in [3.05, 3.63) is 65.2 Å². The highest BCUT2D eigenvalue weighted by Gasteiger charge is 2.21. The Labute approximate surface area is 128 Å². The van der Waals surface area contributed by atoms with Crippen molar-refractivity contribution in [2.45, 2.75) is 0 Å². The van der Waals surface area contributed by atoms with E-state index in [1.54, 1.807) is 29.2 Å². The molecule has 0 atom stereocenters. The SMILES string of the molecule is O=C(C=Cc1ccc(Cl)cc1)N1CCOc2ccccc21. The van der Waals surface area contributed by atoms with Crippen LogP contribution in [0.25, 0.3) is 6.08 Å². The smallest absolute Gasteiger partial charge is 0.251 e. The fraction of sp³-hybridized carbons (Fsp3) is 0.118. The summed E-state index contributed by atoms with van der Waals surface area (Å²) in [4.78, 5) is 14.1. The average Bonchev–Trinajstić information content (AvgIpc) is 2.53. The number of rotatable bonds is 2. The molecule has 106 valence electrons. The summed E-state index contributed by atoms with van der Waals surface area (Å²) in [7, 11) is 0. The topological polar surface area (TPSA) is 29.5 Å². The van der Waals surface area contributed by atoms with Crippen molar-refractivity contribution in [3.8, 4) is 5.75 Å². The number of para-hydroxylation sites is 2. The summed E-state index contributed by atoms with van der Waals surface area (Å²) in [6.45, 7) is 1.07. The predicted octanol–water partition coefficient (Wildman–Crippen LogP) is 3.78. The van der Waals surface area contributed by atoms with Crippen molar-refractivity contribution >= 4 is 29.3 Å². The van der Waals surface area contributed by atoms with Crippen LogP contribution in [0.5, 0.6) is 5.75 Å². The lowest BCUT2D eigenvalue weighted by Crippen LogP contribution is -2.36. The first-order chi connectivity index (χ1) is 10.2. The van der Waals surface area contributed by atoms with E-state index in [4.69, 9.17) is 16.3 Å². The van der Waals surface area contributed by atoms with Gasteiger partial charge in [-0.1, -0.05) is 35.9 Å². The number of ether oxygens (including phenoxy) is 1. The molecule has 0 bridgehead atoms. The van der Waals surface area contributed by atoms with E-state index in [9.17, 15) is 4.79 Å². The zero-order valence-electron chi connectivity index (χ0n) is 11.3. The summed E-state index contributed by atoms with van der Waals surface area (Å²) in [5.41, 5.74) is 1.75. The Morgan fingerprint density at radius 3 is 2.71 bits per heavy atom. The summed E-state index contributed by atoms with van der Waals surface area (Å²) >= 11 is 5.84. The van der Waals surface area contributed by atoms with Crippen LogP contribution in [0.3, 0.4) is 0 Å². The first kappa shape index (κ1) is 13.7. The van der Waals surface area contributed by atoms with E-state index in [1.165, 1.54) is 0 Å². The molecule has 3 rings (SSSR count). The van der Waals surface area contributed by atoms with Gasteiger partial charge in [0.2, 0.25) is 0 Å². The maximum absolute atomic E-state index is 12.4. The minimum absolute atomic E-state index is 0.0549. The fourth-order valence-corrected chi connectivity index (χ4v) is 2.36. The number of carbonyl (C=O) groups excluding carboxylic acids is 1. The van der Waals surface area contributed by atoms with E-state index in [-0.39, 0.29) is 5.91 Å². The van der Waals surface area contributed by atoms with Crippen LogP contribution in [-0.4, -0.2) is 19.1 Å². The zero-order chi connectivity index (χ0) is 14.7. The number of hydrogen-bond donors (Lipinski definition) is 0. The van der Waals surface area contributed by atoms with Crippen LogP contribution in [0.15, 0.2) is 54.6 Å². The Hall–Kier alpha value is -2.26. The highest BCUT2D eigenvalue weighted by Crippen LogP contribution is 2.31. The van der Waals surface area contributed by atoms with Crippen LogP contribution < -0.4 is 9.64 Å². The van der Waals surface area contributed by atoms with Crippen molar-refractivity contribution in [2.24, 2.45) is 0 Å². The summed E-state index contributed by atoms with van der Waals surface area (Å²) in [6, 6.07) is 14.9. The minimum atomic E-state index is -0.0549. The van der Waals surface area contributed by atoms with Gasteiger partial charge in [0.15, 0.2) is 0 Å². The predicted molar refractivity (Wildman–Crippen MR) is 84.8 cm³/mol. The van der Waals surface area contributed by atoms with Gasteiger partial charge in [-0.15, -0.1) is 0 Å². The summed E-state index contributed by atoms with van der Waals surface area (Å²) in [5.74, 6) is 0.692. The molecule has 4 heteroatoms. The molecule has 0 saturated heterocycles. The lowest BCUT2D eigenvalue weighted by atomic mass is 10.2. The van der Waals surface area contributed by atoms with Crippen LogP contribution in [0.4, 0.5) is 5.69 Å². The second-order valence-electron chi connectivity index (χ2n) is 4.69. The van der Waals surface area contributed by atoms with Crippen molar-refractivity contribution in [1.82, 2.24) is 0 Å². The van der Waals surface area contributed by atoms with Crippen LogP contribution in [-0.2, 0) is 4.79 Å². The largest absolute Gasteiger partial charge is 0.490 e. The number of anilines is 1. The summed E-state index contributed by atoms with van der Waals surface area (Å²) < 4.78 is 5.55. The van der Waals surface area contributed by atoms with Crippen LogP contribution in [0.2, 0.25) is 5.02 Å². The van der Waals surface area contributed by atoms with Crippen LogP contribution >= 0.6 is 11.6 Å². The molecule has 21 heavy (non-hydrogen) atoms. The Morgan fingerprint density at radius 1 is 1.14 bits per heavy atom. The summed E-state index contributed by atoms with van der Waals surface area (Å²) in [5, 5.41) is 0.681. The monoisotopic (exact) mass is 299 g/mol. The maximum Gasteiger partial charge on any atom is 0.251 e. The molecule has 1 amide bonds. The molecule has 0 unspecified atom stereocenters. The molecular formula is C17H14ClNO2. The van der Waals surface area contributed by atoms with Crippen LogP contribution in [0, 0.1) is 0 Å². The van der Waals surface area contributed by atoms with Gasteiger partial charge in [0.1, 0.15) is 12.4 Å². The molecule has 0 radical (unpaired) electrons. The molecule has 2 aromatic carbocycles. The Kier molecular flexibility index (Phi) is 3.93. The number of amides is 1. The number of benzene rings is 2. The average molecular weight is 300 g/mol. The Morgan fingerprint density at radius 2 is 1.90 bits per heavy atom. The lowest BCUT2D eigenvalue weighted by Gasteiger charge is -2.28. The van der Waals surface area contributed by atoms with Gasteiger partial charge in [0, 0.05) is 11.1 Å². The van der Waals surface area contributed by atoms with Gasteiger partial charge in [0.25, 0.3) is 5.91 Å². The normalized spacial score (nSPS) is 13.9. The third-order valence-corrected chi connectivity index (χ3v) is 3.53. The van der Waals surface area contributed by atoms with Crippen molar-refractivity contribution in [3.63, 3.8) is 0 Å². The number of carbonyl (C=O) groups is 1. The third kappa shape index (κ3) is 3.09. The first-order valence-electron chi connectivity index (χ1n) is 6.71. The molecule has 3 nitrogen and oxygen atoms in total. The molecule has 0 N–H and O–H groups in total. The number of halogens is 1. The number of nitrogens with zero attached hydrogens (tertiary/aromatic N) is 1. The highest BCUT2D eigenvalue weighted by atomic mass is 35.5. The maximum atomic E-state index is 12.4. The van der Waals surface area contributed by atoms with Gasteiger partial charge in [0.05, 0.1) is 12.2 Å². The molecular weight excluding hydrogens is 286 g/mol. The second-order valence-corrected chi connectivity index (χ2v) is 5.13. The fourth-order valence-electron chi connectivity index (χ4n) is 2.23. The van der Waals surface area contributed by atoms with Gasteiger partial charge in [-0.3, -0.25) is 4.79 Å². The van der Waals surface area contributed by atoms with Crippen LogP contribution in [0.1, 0.15) is 5.56 Å². The van der Waals surface area contributed by atoms with Gasteiger partial charge >= 0.3 is 0 Å².